The first-order valence-electron chi connectivity index (χ1n) is 9.88. The fourth-order valence-electron chi connectivity index (χ4n) is 4.59. The summed E-state index contributed by atoms with van der Waals surface area (Å²) < 4.78 is 30.6. The topological polar surface area (TPSA) is 48.8 Å². The van der Waals surface area contributed by atoms with Gasteiger partial charge in [0, 0.05) is 64.6 Å². The van der Waals surface area contributed by atoms with Crippen LogP contribution in [0.3, 0.4) is 0 Å². The van der Waals surface area contributed by atoms with Crippen LogP contribution in [-0.2, 0) is 23.3 Å². The smallest absolute Gasteiger partial charge is 0.281 e. The van der Waals surface area contributed by atoms with Crippen LogP contribution in [0.2, 0.25) is 0 Å². The molecule has 0 amide bonds. The van der Waals surface area contributed by atoms with Gasteiger partial charge in [-0.25, -0.2) is 0 Å². The molecule has 3 aliphatic heterocycles. The van der Waals surface area contributed by atoms with E-state index in [9.17, 15) is 8.42 Å². The van der Waals surface area contributed by atoms with E-state index in [0.29, 0.717) is 25.0 Å². The highest BCUT2D eigenvalue weighted by Crippen LogP contribution is 2.31. The van der Waals surface area contributed by atoms with Crippen LogP contribution < -0.4 is 0 Å². The normalized spacial score (nSPS) is 24.7. The minimum Gasteiger partial charge on any atom is -0.348 e. The minimum atomic E-state index is -3.34. The first-order valence-corrected chi connectivity index (χ1v) is 11.3. The van der Waals surface area contributed by atoms with Gasteiger partial charge in [0.25, 0.3) is 10.2 Å². The van der Waals surface area contributed by atoms with Crippen LogP contribution in [0.15, 0.2) is 30.5 Å². The molecule has 0 saturated carbocycles. The Hall–Kier alpha value is -1.41. The molecule has 1 aromatic carbocycles. The fourth-order valence-corrected chi connectivity index (χ4v) is 5.81. The number of rotatable bonds is 5. The average molecular weight is 391 g/mol. The molecule has 0 N–H and O–H groups in total. The van der Waals surface area contributed by atoms with Crippen LogP contribution >= 0.6 is 0 Å². The van der Waals surface area contributed by atoms with E-state index in [0.717, 1.165) is 32.5 Å². The molecule has 148 valence electrons. The van der Waals surface area contributed by atoms with Crippen LogP contribution in [0.25, 0.3) is 10.9 Å². The molecule has 5 rings (SSSR count). The predicted octanol–water partition coefficient (Wildman–Crippen LogP) is 2.36. The van der Waals surface area contributed by atoms with E-state index in [2.05, 4.69) is 46.9 Å². The fraction of sp³-hybridized carbons (Fsp3) is 0.600. The summed E-state index contributed by atoms with van der Waals surface area (Å²) in [6.45, 7) is 6.26. The third-order valence-corrected chi connectivity index (χ3v) is 8.02. The summed E-state index contributed by atoms with van der Waals surface area (Å²) in [6.07, 6.45) is 4.35. The van der Waals surface area contributed by atoms with Crippen molar-refractivity contribution in [1.29, 1.82) is 0 Å². The zero-order valence-corrected chi connectivity index (χ0v) is 17.3. The Morgan fingerprint density at radius 3 is 2.67 bits per heavy atom. The largest absolute Gasteiger partial charge is 0.348 e. The third-order valence-electron chi connectivity index (χ3n) is 6.15. The van der Waals surface area contributed by atoms with Crippen molar-refractivity contribution in [1.82, 2.24) is 18.1 Å². The number of benzene rings is 1. The van der Waals surface area contributed by atoms with Crippen LogP contribution in [0, 0.1) is 5.92 Å². The molecule has 0 radical (unpaired) electrons. The Balaban J connectivity index is 1.55. The number of nitrogens with zero attached hydrogens (tertiary/aromatic N) is 4. The van der Waals surface area contributed by atoms with Crippen molar-refractivity contribution >= 4 is 21.1 Å². The SMILES string of the molecule is CCn1ccc2ccc(CN3C[C@H]4CC[C@@H]3CN(S(=O)(=O)N(C)C)C4)cc21. The quantitative estimate of drug-likeness (QED) is 0.788. The number of hydrogen-bond acceptors (Lipinski definition) is 3. The molecule has 3 saturated heterocycles. The standard InChI is InChI=1S/C20H30N4O2S/c1-4-22-10-9-18-7-5-16(11-20(18)22)12-23-13-17-6-8-19(23)15-24(14-17)27(25,26)21(2)3/h5,7,9-11,17,19H,4,6,8,12-15H2,1-3H3/t17-,19-/m1/s1. The van der Waals surface area contributed by atoms with E-state index in [1.807, 2.05) is 0 Å². The maximum atomic E-state index is 12.6. The highest BCUT2D eigenvalue weighted by molar-refractivity contribution is 7.86. The second-order valence-corrected chi connectivity index (χ2v) is 10.3. The number of hydrogen-bond donors (Lipinski definition) is 0. The Morgan fingerprint density at radius 2 is 1.93 bits per heavy atom. The maximum absolute atomic E-state index is 12.6. The molecular weight excluding hydrogens is 360 g/mol. The van der Waals surface area contributed by atoms with Gasteiger partial charge in [0.2, 0.25) is 0 Å². The summed E-state index contributed by atoms with van der Waals surface area (Å²) in [4.78, 5) is 2.50. The molecule has 2 bridgehead atoms. The monoisotopic (exact) mass is 390 g/mol. The summed E-state index contributed by atoms with van der Waals surface area (Å²) in [5, 5.41) is 1.28. The summed E-state index contributed by atoms with van der Waals surface area (Å²) in [5.74, 6) is 0.418. The molecule has 3 aliphatic rings. The molecule has 1 aromatic heterocycles. The van der Waals surface area contributed by atoms with E-state index in [1.165, 1.54) is 20.8 Å². The molecule has 6 nitrogen and oxygen atoms in total. The van der Waals surface area contributed by atoms with Gasteiger partial charge in [0.05, 0.1) is 0 Å². The highest BCUT2D eigenvalue weighted by atomic mass is 32.2. The van der Waals surface area contributed by atoms with Gasteiger partial charge < -0.3 is 4.57 Å². The van der Waals surface area contributed by atoms with Gasteiger partial charge in [-0.15, -0.1) is 0 Å². The Labute approximate surface area is 162 Å². The van der Waals surface area contributed by atoms with E-state index >= 15 is 0 Å². The van der Waals surface area contributed by atoms with Gasteiger partial charge in [-0.3, -0.25) is 4.90 Å². The van der Waals surface area contributed by atoms with Gasteiger partial charge in [0.15, 0.2) is 0 Å². The summed E-state index contributed by atoms with van der Waals surface area (Å²) in [6, 6.07) is 9.18. The van der Waals surface area contributed by atoms with Crippen LogP contribution in [-0.4, -0.2) is 66.3 Å². The summed E-state index contributed by atoms with van der Waals surface area (Å²) in [7, 11) is -0.0931. The zero-order chi connectivity index (χ0) is 19.2. The van der Waals surface area contributed by atoms with E-state index in [1.54, 1.807) is 18.4 Å². The van der Waals surface area contributed by atoms with Crippen LogP contribution in [0.5, 0.6) is 0 Å². The zero-order valence-electron chi connectivity index (χ0n) is 16.5. The molecule has 27 heavy (non-hydrogen) atoms. The lowest BCUT2D eigenvalue weighted by Gasteiger charge is -2.36. The molecular formula is C20H30N4O2S. The van der Waals surface area contributed by atoms with Gasteiger partial charge >= 0.3 is 0 Å². The van der Waals surface area contributed by atoms with E-state index in [4.69, 9.17) is 0 Å². The predicted molar refractivity (Wildman–Crippen MR) is 109 cm³/mol. The molecule has 2 aromatic rings. The summed E-state index contributed by atoms with van der Waals surface area (Å²) >= 11 is 0. The van der Waals surface area contributed by atoms with Crippen molar-refractivity contribution < 1.29 is 8.42 Å². The molecule has 0 spiro atoms. The van der Waals surface area contributed by atoms with Gasteiger partial charge in [-0.2, -0.15) is 17.0 Å². The van der Waals surface area contributed by atoms with Gasteiger partial charge in [-0.1, -0.05) is 12.1 Å². The van der Waals surface area contributed by atoms with Crippen molar-refractivity contribution in [2.75, 3.05) is 33.7 Å². The number of piperidine rings is 1. The second kappa shape index (κ2) is 7.20. The highest BCUT2D eigenvalue weighted by Gasteiger charge is 2.39. The van der Waals surface area contributed by atoms with E-state index < -0.39 is 10.2 Å². The summed E-state index contributed by atoms with van der Waals surface area (Å²) in [5.41, 5.74) is 2.59. The lowest BCUT2D eigenvalue weighted by molar-refractivity contribution is 0.125. The lowest BCUT2D eigenvalue weighted by atomic mass is 9.94. The molecule has 0 aliphatic carbocycles. The minimum absolute atomic E-state index is 0.298. The lowest BCUT2D eigenvalue weighted by Crippen LogP contribution is -2.45. The number of fused-ring (bicyclic) bond motifs is 5. The Morgan fingerprint density at radius 1 is 1.11 bits per heavy atom. The molecule has 0 unspecified atom stereocenters. The van der Waals surface area contributed by atoms with Crippen molar-refractivity contribution in [3.8, 4) is 0 Å². The van der Waals surface area contributed by atoms with Crippen LogP contribution in [0.1, 0.15) is 25.3 Å². The van der Waals surface area contributed by atoms with E-state index in [-0.39, 0.29) is 0 Å². The molecule has 7 heteroatoms. The van der Waals surface area contributed by atoms with Crippen LogP contribution in [0.4, 0.5) is 0 Å². The second-order valence-electron chi connectivity index (χ2n) is 8.13. The van der Waals surface area contributed by atoms with Gasteiger partial charge in [0.1, 0.15) is 0 Å². The number of aromatic nitrogens is 1. The van der Waals surface area contributed by atoms with Crippen molar-refractivity contribution in [2.45, 2.75) is 38.9 Å². The first kappa shape index (κ1) is 18.9. The Kier molecular flexibility index (Phi) is 5.05. The average Bonchev–Trinajstić information content (AvgIpc) is 2.81. The van der Waals surface area contributed by atoms with Gasteiger partial charge in [-0.05, 0) is 48.8 Å². The Bertz CT molecular complexity index is 921. The van der Waals surface area contributed by atoms with Crippen molar-refractivity contribution in [3.05, 3.63) is 36.0 Å². The van der Waals surface area contributed by atoms with Crippen molar-refractivity contribution in [3.63, 3.8) is 0 Å². The first-order chi connectivity index (χ1) is 12.9. The van der Waals surface area contributed by atoms with Crippen molar-refractivity contribution in [2.24, 2.45) is 5.92 Å². The maximum Gasteiger partial charge on any atom is 0.281 e. The molecule has 2 atom stereocenters. The third kappa shape index (κ3) is 3.53. The number of aryl methyl sites for hydroxylation is 1. The molecule has 3 fully saturated rings. The molecule has 4 heterocycles.